The molecule has 0 radical (unpaired) electrons. The predicted octanol–water partition coefficient (Wildman–Crippen LogP) is 3.13. The Bertz CT molecular complexity index is 712. The molecule has 0 aromatic heterocycles. The van der Waals surface area contributed by atoms with E-state index in [1.54, 1.807) is 24.3 Å². The highest BCUT2D eigenvalue weighted by atomic mass is 16.5. The number of ether oxygens (including phenoxy) is 1. The van der Waals surface area contributed by atoms with Crippen LogP contribution in [0.25, 0.3) is 0 Å². The fourth-order valence-corrected chi connectivity index (χ4v) is 2.25. The lowest BCUT2D eigenvalue weighted by Gasteiger charge is -2.09. The third-order valence-electron chi connectivity index (χ3n) is 3.68. The summed E-state index contributed by atoms with van der Waals surface area (Å²) in [5, 5.41) is 8.37. The first kappa shape index (κ1) is 17.0. The molecule has 0 bridgehead atoms. The molecule has 1 saturated carbocycles. The number of carbonyl (C=O) groups is 2. The van der Waals surface area contributed by atoms with Gasteiger partial charge in [0.1, 0.15) is 6.61 Å². The Labute approximate surface area is 146 Å². The molecule has 3 rings (SSSR count). The molecule has 25 heavy (non-hydrogen) atoms. The number of nitrogens with one attached hydrogen (secondary N) is 3. The van der Waals surface area contributed by atoms with E-state index in [4.69, 9.17) is 4.74 Å². The Morgan fingerprint density at radius 1 is 0.920 bits per heavy atom. The second kappa shape index (κ2) is 8.30. The first-order chi connectivity index (χ1) is 12.2. The minimum atomic E-state index is -0.219. The number of benzene rings is 2. The fourth-order valence-electron chi connectivity index (χ4n) is 2.25. The molecule has 0 atom stereocenters. The molecule has 3 N–H and O–H groups in total. The SMILES string of the molecule is O=C(COCc1ccccc1)Nc1ccc(NC(=O)NC2CC2)cc1. The number of carbonyl (C=O) groups excluding carboxylic acids is 2. The van der Waals surface area contributed by atoms with Gasteiger partial charge in [0.2, 0.25) is 5.91 Å². The van der Waals surface area contributed by atoms with Crippen LogP contribution in [0.5, 0.6) is 0 Å². The molecule has 6 nitrogen and oxygen atoms in total. The first-order valence-electron chi connectivity index (χ1n) is 8.28. The summed E-state index contributed by atoms with van der Waals surface area (Å²) in [4.78, 5) is 23.5. The summed E-state index contributed by atoms with van der Waals surface area (Å²) in [6.07, 6.45) is 2.09. The van der Waals surface area contributed by atoms with Crippen LogP contribution in [-0.4, -0.2) is 24.6 Å². The molecule has 0 aliphatic heterocycles. The van der Waals surface area contributed by atoms with E-state index in [9.17, 15) is 9.59 Å². The van der Waals surface area contributed by atoms with Crippen molar-refractivity contribution >= 4 is 23.3 Å². The van der Waals surface area contributed by atoms with E-state index in [0.29, 0.717) is 24.0 Å². The Morgan fingerprint density at radius 3 is 2.20 bits per heavy atom. The smallest absolute Gasteiger partial charge is 0.319 e. The number of hydrogen-bond donors (Lipinski definition) is 3. The summed E-state index contributed by atoms with van der Waals surface area (Å²) in [5.74, 6) is -0.219. The molecular weight excluding hydrogens is 318 g/mol. The van der Waals surface area contributed by atoms with E-state index in [0.717, 1.165) is 18.4 Å². The van der Waals surface area contributed by atoms with Gasteiger partial charge in [-0.2, -0.15) is 0 Å². The van der Waals surface area contributed by atoms with Crippen LogP contribution >= 0.6 is 0 Å². The second-order valence-electron chi connectivity index (χ2n) is 5.98. The van der Waals surface area contributed by atoms with Gasteiger partial charge in [-0.1, -0.05) is 30.3 Å². The molecule has 0 unspecified atom stereocenters. The summed E-state index contributed by atoms with van der Waals surface area (Å²) in [5.41, 5.74) is 2.35. The van der Waals surface area contributed by atoms with Crippen LogP contribution in [0.1, 0.15) is 18.4 Å². The van der Waals surface area contributed by atoms with Gasteiger partial charge in [-0.05, 0) is 42.7 Å². The summed E-state index contributed by atoms with van der Waals surface area (Å²) in [6.45, 7) is 0.381. The Morgan fingerprint density at radius 2 is 1.56 bits per heavy atom. The number of hydrogen-bond acceptors (Lipinski definition) is 3. The zero-order valence-electron chi connectivity index (χ0n) is 13.8. The minimum absolute atomic E-state index is 0.0152. The van der Waals surface area contributed by atoms with Crippen molar-refractivity contribution in [2.45, 2.75) is 25.5 Å². The molecule has 0 spiro atoms. The monoisotopic (exact) mass is 339 g/mol. The largest absolute Gasteiger partial charge is 0.367 e. The van der Waals surface area contributed by atoms with Gasteiger partial charge in [-0.3, -0.25) is 4.79 Å². The average Bonchev–Trinajstić information content (AvgIpc) is 3.41. The molecule has 130 valence electrons. The summed E-state index contributed by atoms with van der Waals surface area (Å²) >= 11 is 0. The van der Waals surface area contributed by atoms with Gasteiger partial charge < -0.3 is 20.7 Å². The van der Waals surface area contributed by atoms with Crippen molar-refractivity contribution < 1.29 is 14.3 Å². The van der Waals surface area contributed by atoms with Crippen molar-refractivity contribution in [2.75, 3.05) is 17.2 Å². The number of amides is 3. The van der Waals surface area contributed by atoms with Crippen LogP contribution in [0.3, 0.4) is 0 Å². The van der Waals surface area contributed by atoms with Crippen LogP contribution in [0, 0.1) is 0 Å². The lowest BCUT2D eigenvalue weighted by atomic mass is 10.2. The van der Waals surface area contributed by atoms with Crippen LogP contribution in [-0.2, 0) is 16.1 Å². The number of rotatable bonds is 7. The lowest BCUT2D eigenvalue weighted by molar-refractivity contribution is -0.121. The van der Waals surface area contributed by atoms with E-state index in [2.05, 4.69) is 16.0 Å². The first-order valence-corrected chi connectivity index (χ1v) is 8.28. The maximum atomic E-state index is 11.9. The molecule has 2 aromatic rings. The molecule has 0 saturated heterocycles. The zero-order valence-corrected chi connectivity index (χ0v) is 13.8. The molecule has 1 aliphatic carbocycles. The summed E-state index contributed by atoms with van der Waals surface area (Å²) < 4.78 is 5.40. The van der Waals surface area contributed by atoms with Crippen molar-refractivity contribution in [3.63, 3.8) is 0 Å². The van der Waals surface area contributed by atoms with Gasteiger partial charge in [0.25, 0.3) is 0 Å². The van der Waals surface area contributed by atoms with Gasteiger partial charge in [-0.25, -0.2) is 4.79 Å². The van der Waals surface area contributed by atoms with Crippen molar-refractivity contribution in [3.05, 3.63) is 60.2 Å². The maximum absolute atomic E-state index is 11.9. The van der Waals surface area contributed by atoms with E-state index in [-0.39, 0.29) is 18.5 Å². The highest BCUT2D eigenvalue weighted by Gasteiger charge is 2.23. The van der Waals surface area contributed by atoms with Gasteiger partial charge >= 0.3 is 6.03 Å². The third-order valence-corrected chi connectivity index (χ3v) is 3.68. The standard InChI is InChI=1S/C19H21N3O3/c23-18(13-25-12-14-4-2-1-3-5-14)20-15-6-8-16(9-7-15)21-19(24)22-17-10-11-17/h1-9,17H,10-13H2,(H,20,23)(H2,21,22,24). The highest BCUT2D eigenvalue weighted by Crippen LogP contribution is 2.19. The maximum Gasteiger partial charge on any atom is 0.319 e. The summed E-state index contributed by atoms with van der Waals surface area (Å²) in [7, 11) is 0. The van der Waals surface area contributed by atoms with Crippen LogP contribution in [0.2, 0.25) is 0 Å². The third kappa shape index (κ3) is 5.93. The summed E-state index contributed by atoms with van der Waals surface area (Å²) in [6, 6.07) is 16.8. The van der Waals surface area contributed by atoms with Gasteiger partial charge in [0.05, 0.1) is 6.61 Å². The van der Waals surface area contributed by atoms with Crippen LogP contribution in [0.15, 0.2) is 54.6 Å². The van der Waals surface area contributed by atoms with Crippen molar-refractivity contribution in [1.29, 1.82) is 0 Å². The topological polar surface area (TPSA) is 79.5 Å². The molecule has 1 fully saturated rings. The van der Waals surface area contributed by atoms with Crippen molar-refractivity contribution in [3.8, 4) is 0 Å². The molecule has 1 aliphatic rings. The molecule has 3 amide bonds. The number of urea groups is 1. The van der Waals surface area contributed by atoms with Crippen molar-refractivity contribution in [1.82, 2.24) is 5.32 Å². The van der Waals surface area contributed by atoms with E-state index < -0.39 is 0 Å². The Kier molecular flexibility index (Phi) is 5.64. The van der Waals surface area contributed by atoms with Gasteiger partial charge in [-0.15, -0.1) is 0 Å². The average molecular weight is 339 g/mol. The Balaban J connectivity index is 1.39. The molecule has 2 aromatic carbocycles. The lowest BCUT2D eigenvalue weighted by Crippen LogP contribution is -2.30. The van der Waals surface area contributed by atoms with Crippen LogP contribution in [0.4, 0.5) is 16.2 Å². The van der Waals surface area contributed by atoms with Crippen LogP contribution < -0.4 is 16.0 Å². The quantitative estimate of drug-likeness (QED) is 0.725. The fraction of sp³-hybridized carbons (Fsp3) is 0.263. The highest BCUT2D eigenvalue weighted by molar-refractivity contribution is 5.93. The van der Waals surface area contributed by atoms with Gasteiger partial charge in [0.15, 0.2) is 0 Å². The van der Waals surface area contributed by atoms with E-state index >= 15 is 0 Å². The second-order valence-corrected chi connectivity index (χ2v) is 5.98. The molecule has 6 heteroatoms. The van der Waals surface area contributed by atoms with Gasteiger partial charge in [0, 0.05) is 17.4 Å². The van der Waals surface area contributed by atoms with E-state index in [1.807, 2.05) is 30.3 Å². The molecular formula is C19H21N3O3. The van der Waals surface area contributed by atoms with E-state index in [1.165, 1.54) is 0 Å². The van der Waals surface area contributed by atoms with Crippen molar-refractivity contribution in [2.24, 2.45) is 0 Å². The Hall–Kier alpha value is -2.86. The normalized spacial score (nSPS) is 13.1. The number of anilines is 2. The predicted molar refractivity (Wildman–Crippen MR) is 96.3 cm³/mol. The molecule has 0 heterocycles. The zero-order chi connectivity index (χ0) is 17.5. The minimum Gasteiger partial charge on any atom is -0.367 e.